The fourth-order valence-corrected chi connectivity index (χ4v) is 2.21. The van der Waals surface area contributed by atoms with E-state index in [-0.39, 0.29) is 19.8 Å². The summed E-state index contributed by atoms with van der Waals surface area (Å²) in [5.41, 5.74) is 0. The molecule has 0 fully saturated rings. The number of hydrogen-bond donors (Lipinski definition) is 2. The molecule has 2 rings (SSSR count). The van der Waals surface area contributed by atoms with Crippen molar-refractivity contribution in [3.05, 3.63) is 49.1 Å². The minimum absolute atomic E-state index is 0.0147. The van der Waals surface area contributed by atoms with Crippen molar-refractivity contribution in [2.24, 2.45) is 0 Å². The van der Waals surface area contributed by atoms with Crippen molar-refractivity contribution in [2.45, 2.75) is 12.5 Å². The van der Waals surface area contributed by atoms with Crippen LogP contribution in [0.25, 0.3) is 10.8 Å². The molecule has 0 spiro atoms. The quantitative estimate of drug-likeness (QED) is 0.389. The van der Waals surface area contributed by atoms with Gasteiger partial charge >= 0.3 is 5.97 Å². The van der Waals surface area contributed by atoms with E-state index in [1.54, 1.807) is 12.1 Å². The van der Waals surface area contributed by atoms with Crippen LogP contribution in [0.5, 0.6) is 11.5 Å². The highest BCUT2D eigenvalue weighted by Crippen LogP contribution is 2.33. The molecule has 2 aromatic carbocycles. The van der Waals surface area contributed by atoms with Crippen molar-refractivity contribution in [3.63, 3.8) is 0 Å². The lowest BCUT2D eigenvalue weighted by atomic mass is 10.1. The van der Waals surface area contributed by atoms with Crippen molar-refractivity contribution in [1.82, 2.24) is 0 Å². The van der Waals surface area contributed by atoms with Crippen molar-refractivity contribution >= 4 is 16.7 Å². The third-order valence-electron chi connectivity index (χ3n) is 3.42. The van der Waals surface area contributed by atoms with E-state index in [4.69, 9.17) is 19.3 Å². The van der Waals surface area contributed by atoms with E-state index >= 15 is 0 Å². The number of hydrogen-bond acceptors (Lipinski definition) is 6. The van der Waals surface area contributed by atoms with Crippen molar-refractivity contribution in [3.8, 4) is 11.5 Å². The van der Waals surface area contributed by atoms with Gasteiger partial charge in [-0.3, -0.25) is 0 Å². The van der Waals surface area contributed by atoms with Gasteiger partial charge in [0.15, 0.2) is 0 Å². The van der Waals surface area contributed by atoms with Crippen LogP contribution in [0.15, 0.2) is 49.1 Å². The Balaban J connectivity index is 2.05. The Morgan fingerprint density at radius 1 is 1.08 bits per heavy atom. The summed E-state index contributed by atoms with van der Waals surface area (Å²) in [4.78, 5) is 11.0. The SMILES string of the molecule is C=CC(=O)OCC(O)COc1ccc(OCCCO)c2ccccc12. The van der Waals surface area contributed by atoms with Crippen LogP contribution in [-0.2, 0) is 9.53 Å². The molecular weight excluding hydrogens is 324 g/mol. The summed E-state index contributed by atoms with van der Waals surface area (Å²) in [5, 5.41) is 20.4. The molecule has 0 aliphatic heterocycles. The number of fused-ring (bicyclic) bond motifs is 1. The summed E-state index contributed by atoms with van der Waals surface area (Å²) >= 11 is 0. The lowest BCUT2D eigenvalue weighted by Gasteiger charge is -2.15. The number of aliphatic hydroxyl groups is 2. The maximum atomic E-state index is 11.0. The fourth-order valence-electron chi connectivity index (χ4n) is 2.21. The summed E-state index contributed by atoms with van der Waals surface area (Å²) in [5.74, 6) is 0.713. The Morgan fingerprint density at radius 2 is 1.72 bits per heavy atom. The molecule has 0 saturated carbocycles. The first-order chi connectivity index (χ1) is 12.2. The highest BCUT2D eigenvalue weighted by molar-refractivity contribution is 5.93. The van der Waals surface area contributed by atoms with Gasteiger partial charge in [-0.25, -0.2) is 4.79 Å². The third kappa shape index (κ3) is 5.48. The number of ether oxygens (including phenoxy) is 3. The number of aliphatic hydroxyl groups excluding tert-OH is 2. The molecule has 0 amide bonds. The van der Waals surface area contributed by atoms with Crippen molar-refractivity contribution < 1.29 is 29.2 Å². The number of esters is 1. The molecule has 0 aliphatic carbocycles. The summed E-state index contributed by atoms with van der Waals surface area (Å²) in [7, 11) is 0. The monoisotopic (exact) mass is 346 g/mol. The maximum Gasteiger partial charge on any atom is 0.330 e. The zero-order valence-electron chi connectivity index (χ0n) is 13.9. The molecule has 0 aromatic heterocycles. The zero-order chi connectivity index (χ0) is 18.1. The van der Waals surface area contributed by atoms with Crippen molar-refractivity contribution in [1.29, 1.82) is 0 Å². The van der Waals surface area contributed by atoms with E-state index in [1.807, 2.05) is 24.3 Å². The summed E-state index contributed by atoms with van der Waals surface area (Å²) in [6.45, 7) is 3.61. The van der Waals surface area contributed by atoms with Crippen LogP contribution in [0.1, 0.15) is 6.42 Å². The molecule has 0 saturated heterocycles. The molecule has 0 radical (unpaired) electrons. The molecular formula is C19H22O6. The molecule has 25 heavy (non-hydrogen) atoms. The fraction of sp³-hybridized carbons (Fsp3) is 0.316. The molecule has 2 N–H and O–H groups in total. The second-order valence-corrected chi connectivity index (χ2v) is 5.33. The molecule has 0 heterocycles. The molecule has 2 aromatic rings. The van der Waals surface area contributed by atoms with Gasteiger partial charge in [-0.05, 0) is 12.1 Å². The van der Waals surface area contributed by atoms with Crippen LogP contribution in [-0.4, -0.2) is 48.7 Å². The van der Waals surface area contributed by atoms with Crippen LogP contribution in [0.4, 0.5) is 0 Å². The van der Waals surface area contributed by atoms with Crippen LogP contribution in [0.2, 0.25) is 0 Å². The average Bonchev–Trinajstić information content (AvgIpc) is 2.65. The summed E-state index contributed by atoms with van der Waals surface area (Å²) in [6.07, 6.45) is 0.654. The minimum Gasteiger partial charge on any atom is -0.493 e. The standard InChI is InChI=1S/C19H22O6/c1-2-19(22)25-13-14(21)12-24-18-9-8-17(23-11-5-10-20)15-6-3-4-7-16(15)18/h2-4,6-9,14,20-21H,1,5,10-13H2. The molecule has 0 aliphatic rings. The van der Waals surface area contributed by atoms with E-state index < -0.39 is 12.1 Å². The summed E-state index contributed by atoms with van der Waals surface area (Å²) in [6, 6.07) is 11.1. The Bertz CT molecular complexity index is 712. The molecule has 1 atom stereocenters. The van der Waals surface area contributed by atoms with E-state index in [9.17, 15) is 9.90 Å². The number of carbonyl (C=O) groups excluding carboxylic acids is 1. The first-order valence-corrected chi connectivity index (χ1v) is 8.01. The Labute approximate surface area is 146 Å². The van der Waals surface area contributed by atoms with Crippen LogP contribution in [0.3, 0.4) is 0 Å². The second-order valence-electron chi connectivity index (χ2n) is 5.33. The predicted octanol–water partition coefficient (Wildman–Crippen LogP) is 2.07. The highest BCUT2D eigenvalue weighted by Gasteiger charge is 2.11. The number of carbonyl (C=O) groups is 1. The van der Waals surface area contributed by atoms with Gasteiger partial charge in [-0.15, -0.1) is 0 Å². The van der Waals surface area contributed by atoms with E-state index in [0.29, 0.717) is 24.5 Å². The normalized spacial score (nSPS) is 11.8. The maximum absolute atomic E-state index is 11.0. The van der Waals surface area contributed by atoms with E-state index in [0.717, 1.165) is 16.8 Å². The molecule has 134 valence electrons. The predicted molar refractivity (Wildman–Crippen MR) is 93.8 cm³/mol. The highest BCUT2D eigenvalue weighted by atomic mass is 16.5. The van der Waals surface area contributed by atoms with Gasteiger partial charge in [0.2, 0.25) is 0 Å². The molecule has 6 nitrogen and oxygen atoms in total. The zero-order valence-corrected chi connectivity index (χ0v) is 13.9. The second kappa shape index (κ2) is 9.66. The molecule has 1 unspecified atom stereocenters. The van der Waals surface area contributed by atoms with E-state index in [2.05, 4.69) is 6.58 Å². The first-order valence-electron chi connectivity index (χ1n) is 8.01. The summed E-state index contributed by atoms with van der Waals surface area (Å²) < 4.78 is 16.1. The minimum atomic E-state index is -0.942. The van der Waals surface area contributed by atoms with Gasteiger partial charge in [0.25, 0.3) is 0 Å². The smallest absolute Gasteiger partial charge is 0.330 e. The number of benzene rings is 2. The van der Waals surface area contributed by atoms with Crippen molar-refractivity contribution in [2.75, 3.05) is 26.4 Å². The molecule has 6 heteroatoms. The topological polar surface area (TPSA) is 85.2 Å². The Morgan fingerprint density at radius 3 is 2.32 bits per heavy atom. The van der Waals surface area contributed by atoms with Gasteiger partial charge in [-0.1, -0.05) is 30.8 Å². The Kier molecular flexibility index (Phi) is 7.25. The van der Waals surface area contributed by atoms with Gasteiger partial charge in [0.05, 0.1) is 6.61 Å². The third-order valence-corrected chi connectivity index (χ3v) is 3.42. The van der Waals surface area contributed by atoms with Gasteiger partial charge in [0.1, 0.15) is 30.8 Å². The lowest BCUT2D eigenvalue weighted by molar-refractivity contribution is -0.141. The largest absolute Gasteiger partial charge is 0.493 e. The average molecular weight is 346 g/mol. The van der Waals surface area contributed by atoms with Crippen LogP contribution < -0.4 is 9.47 Å². The first kappa shape index (κ1) is 18.8. The number of rotatable bonds is 10. The van der Waals surface area contributed by atoms with Crippen LogP contribution in [0, 0.1) is 0 Å². The van der Waals surface area contributed by atoms with Gasteiger partial charge in [-0.2, -0.15) is 0 Å². The van der Waals surface area contributed by atoms with E-state index in [1.165, 1.54) is 0 Å². The molecule has 0 bridgehead atoms. The Hall–Kier alpha value is -2.57. The van der Waals surface area contributed by atoms with Crippen LogP contribution >= 0.6 is 0 Å². The van der Waals surface area contributed by atoms with Gasteiger partial charge < -0.3 is 24.4 Å². The lowest BCUT2D eigenvalue weighted by Crippen LogP contribution is -2.24. The van der Waals surface area contributed by atoms with Gasteiger partial charge in [0, 0.05) is 29.9 Å².